The van der Waals surface area contributed by atoms with Crippen LogP contribution in [0.2, 0.25) is 0 Å². The topological polar surface area (TPSA) is 80.9 Å². The normalized spacial score (nSPS) is 21.5. The van der Waals surface area contributed by atoms with Crippen LogP contribution >= 0.6 is 23.2 Å². The molecule has 0 aromatic heterocycles. The van der Waals surface area contributed by atoms with Gasteiger partial charge < -0.3 is 20.4 Å². The van der Waals surface area contributed by atoms with Crippen molar-refractivity contribution in [3.05, 3.63) is 0 Å². The summed E-state index contributed by atoms with van der Waals surface area (Å²) < 4.78 is 0. The van der Waals surface area contributed by atoms with Crippen LogP contribution in [-0.4, -0.2) is 56.6 Å². The molecule has 4 atom stereocenters. The number of aliphatic hydroxyl groups excluding tert-OH is 4. The number of alkyl halides is 2. The Hall–Kier alpha value is 0.420. The Kier molecular flexibility index (Phi) is 6.17. The van der Waals surface area contributed by atoms with Gasteiger partial charge in [-0.1, -0.05) is 0 Å². The molecular formula is C6H12Cl2O4. The minimum absolute atomic E-state index is 0.215. The Morgan fingerprint density at radius 2 is 1.00 bits per heavy atom. The molecule has 0 aliphatic rings. The number of halogens is 2. The first-order valence-electron chi connectivity index (χ1n) is 3.38. The zero-order valence-corrected chi connectivity index (χ0v) is 7.78. The molecule has 0 heterocycles. The molecule has 0 spiro atoms. The van der Waals surface area contributed by atoms with Crippen molar-refractivity contribution in [1.29, 1.82) is 0 Å². The summed E-state index contributed by atoms with van der Waals surface area (Å²) >= 11 is 10.4. The zero-order chi connectivity index (χ0) is 9.72. The Balaban J connectivity index is 3.99. The van der Waals surface area contributed by atoms with Crippen LogP contribution in [0.1, 0.15) is 0 Å². The molecule has 0 aliphatic carbocycles. The van der Waals surface area contributed by atoms with E-state index in [1.807, 2.05) is 0 Å². The van der Waals surface area contributed by atoms with E-state index < -0.39 is 24.4 Å². The molecule has 12 heavy (non-hydrogen) atoms. The van der Waals surface area contributed by atoms with Gasteiger partial charge in [0, 0.05) is 0 Å². The highest BCUT2D eigenvalue weighted by Gasteiger charge is 2.29. The summed E-state index contributed by atoms with van der Waals surface area (Å²) in [7, 11) is 0. The van der Waals surface area contributed by atoms with Crippen molar-refractivity contribution in [3.8, 4) is 0 Å². The fourth-order valence-corrected chi connectivity index (χ4v) is 1.00. The van der Waals surface area contributed by atoms with Crippen LogP contribution in [0.3, 0.4) is 0 Å². The minimum atomic E-state index is -1.48. The predicted molar refractivity (Wildman–Crippen MR) is 45.5 cm³/mol. The average molecular weight is 219 g/mol. The van der Waals surface area contributed by atoms with Gasteiger partial charge in [-0.25, -0.2) is 0 Å². The van der Waals surface area contributed by atoms with Crippen LogP contribution in [0.4, 0.5) is 0 Å². The van der Waals surface area contributed by atoms with Crippen LogP contribution in [-0.2, 0) is 0 Å². The molecule has 0 saturated heterocycles. The lowest BCUT2D eigenvalue weighted by atomic mass is 10.1. The lowest BCUT2D eigenvalue weighted by Crippen LogP contribution is -2.45. The molecule has 0 unspecified atom stereocenters. The van der Waals surface area contributed by atoms with Crippen LogP contribution in [0.5, 0.6) is 0 Å². The Bertz CT molecular complexity index is 110. The number of rotatable bonds is 5. The van der Waals surface area contributed by atoms with Crippen LogP contribution < -0.4 is 0 Å². The van der Waals surface area contributed by atoms with E-state index >= 15 is 0 Å². The molecule has 0 bridgehead atoms. The van der Waals surface area contributed by atoms with Crippen molar-refractivity contribution in [2.24, 2.45) is 0 Å². The summed E-state index contributed by atoms with van der Waals surface area (Å²) in [5.74, 6) is -0.430. The number of hydrogen-bond donors (Lipinski definition) is 4. The van der Waals surface area contributed by atoms with E-state index in [0.717, 1.165) is 0 Å². The van der Waals surface area contributed by atoms with Gasteiger partial charge in [0.15, 0.2) is 0 Å². The predicted octanol–water partition coefficient (Wildman–Crippen LogP) is -1.09. The molecule has 0 radical (unpaired) electrons. The van der Waals surface area contributed by atoms with Gasteiger partial charge in [0.25, 0.3) is 0 Å². The second-order valence-corrected chi connectivity index (χ2v) is 3.04. The molecule has 0 fully saturated rings. The van der Waals surface area contributed by atoms with Crippen LogP contribution in [0.25, 0.3) is 0 Å². The highest BCUT2D eigenvalue weighted by molar-refractivity contribution is 6.18. The molecule has 0 aromatic carbocycles. The van der Waals surface area contributed by atoms with Crippen LogP contribution in [0.15, 0.2) is 0 Å². The first-order valence-corrected chi connectivity index (χ1v) is 4.45. The van der Waals surface area contributed by atoms with Crippen molar-refractivity contribution in [2.75, 3.05) is 11.8 Å². The second kappa shape index (κ2) is 5.96. The zero-order valence-electron chi connectivity index (χ0n) is 6.27. The van der Waals surface area contributed by atoms with Gasteiger partial charge in [-0.15, -0.1) is 23.2 Å². The van der Waals surface area contributed by atoms with Gasteiger partial charge in [-0.3, -0.25) is 0 Å². The Morgan fingerprint density at radius 3 is 1.17 bits per heavy atom. The SMILES string of the molecule is O[C@@H]([C@H](O)[C@H](O)CCl)[C@H](O)CCl. The van der Waals surface area contributed by atoms with Crippen molar-refractivity contribution in [3.63, 3.8) is 0 Å². The fraction of sp³-hybridized carbons (Fsp3) is 1.00. The van der Waals surface area contributed by atoms with Gasteiger partial charge in [0.1, 0.15) is 12.2 Å². The first kappa shape index (κ1) is 12.4. The summed E-state index contributed by atoms with van der Waals surface area (Å²) in [5, 5.41) is 36.1. The van der Waals surface area contributed by atoms with Crippen molar-refractivity contribution < 1.29 is 20.4 Å². The van der Waals surface area contributed by atoms with E-state index in [0.29, 0.717) is 0 Å². The molecule has 0 aliphatic heterocycles. The van der Waals surface area contributed by atoms with Crippen molar-refractivity contribution in [2.45, 2.75) is 24.4 Å². The third kappa shape index (κ3) is 3.43. The molecular weight excluding hydrogens is 207 g/mol. The molecule has 0 amide bonds. The third-order valence-corrected chi connectivity index (χ3v) is 2.09. The molecule has 74 valence electrons. The summed E-state index contributed by atoms with van der Waals surface area (Å²) in [6.45, 7) is 0. The Labute approximate surface area is 80.3 Å². The van der Waals surface area contributed by atoms with Gasteiger partial charge in [-0.05, 0) is 0 Å². The lowest BCUT2D eigenvalue weighted by Gasteiger charge is -2.24. The van der Waals surface area contributed by atoms with E-state index in [1.54, 1.807) is 0 Å². The van der Waals surface area contributed by atoms with E-state index in [1.165, 1.54) is 0 Å². The number of hydrogen-bond acceptors (Lipinski definition) is 4. The van der Waals surface area contributed by atoms with E-state index in [-0.39, 0.29) is 11.8 Å². The fourth-order valence-electron chi connectivity index (χ4n) is 0.638. The maximum atomic E-state index is 9.08. The molecule has 4 nitrogen and oxygen atoms in total. The second-order valence-electron chi connectivity index (χ2n) is 2.42. The largest absolute Gasteiger partial charge is 0.389 e. The molecule has 0 rings (SSSR count). The molecule has 0 saturated carbocycles. The first-order chi connectivity index (χ1) is 5.54. The van der Waals surface area contributed by atoms with E-state index in [4.69, 9.17) is 43.6 Å². The monoisotopic (exact) mass is 218 g/mol. The van der Waals surface area contributed by atoms with E-state index in [9.17, 15) is 0 Å². The minimum Gasteiger partial charge on any atom is -0.389 e. The van der Waals surface area contributed by atoms with Gasteiger partial charge >= 0.3 is 0 Å². The maximum Gasteiger partial charge on any atom is 0.109 e. The average Bonchev–Trinajstić information content (AvgIpc) is 2.12. The quantitative estimate of drug-likeness (QED) is 0.443. The summed E-state index contributed by atoms with van der Waals surface area (Å²) in [5.41, 5.74) is 0. The van der Waals surface area contributed by atoms with Crippen molar-refractivity contribution >= 4 is 23.2 Å². The standard InChI is InChI=1S/C6H12Cl2O4/c7-1-3(9)5(11)6(12)4(10)2-8/h3-6,9-12H,1-2H2/t3-,4-,5-,6-/m1/s1. The Morgan fingerprint density at radius 1 is 0.750 bits per heavy atom. The number of aliphatic hydroxyl groups is 4. The highest BCUT2D eigenvalue weighted by Crippen LogP contribution is 2.07. The highest BCUT2D eigenvalue weighted by atomic mass is 35.5. The maximum absolute atomic E-state index is 9.08. The van der Waals surface area contributed by atoms with Gasteiger partial charge in [0.2, 0.25) is 0 Å². The summed E-state index contributed by atoms with van der Waals surface area (Å²) in [6.07, 6.45) is -5.48. The summed E-state index contributed by atoms with van der Waals surface area (Å²) in [6, 6.07) is 0. The smallest absolute Gasteiger partial charge is 0.109 e. The van der Waals surface area contributed by atoms with E-state index in [2.05, 4.69) is 0 Å². The molecule has 6 heteroatoms. The molecule has 4 N–H and O–H groups in total. The van der Waals surface area contributed by atoms with Gasteiger partial charge in [-0.2, -0.15) is 0 Å². The lowest BCUT2D eigenvalue weighted by molar-refractivity contribution is -0.0928. The van der Waals surface area contributed by atoms with Crippen molar-refractivity contribution in [1.82, 2.24) is 0 Å². The van der Waals surface area contributed by atoms with Gasteiger partial charge in [0.05, 0.1) is 24.0 Å². The van der Waals surface area contributed by atoms with Crippen LogP contribution in [0, 0.1) is 0 Å². The third-order valence-electron chi connectivity index (χ3n) is 1.45. The molecule has 0 aromatic rings. The summed E-state index contributed by atoms with van der Waals surface area (Å²) in [4.78, 5) is 0.